The molecule has 0 bridgehead atoms. The molecule has 0 aliphatic rings. The summed E-state index contributed by atoms with van der Waals surface area (Å²) < 4.78 is 25.9. The van der Waals surface area contributed by atoms with Gasteiger partial charge in [-0.2, -0.15) is 9.98 Å². The second-order valence-electron chi connectivity index (χ2n) is 3.91. The van der Waals surface area contributed by atoms with Crippen molar-refractivity contribution in [1.29, 1.82) is 5.26 Å². The van der Waals surface area contributed by atoms with Crippen LogP contribution < -0.4 is 4.72 Å². The third-order valence-corrected chi connectivity index (χ3v) is 5.09. The fraction of sp³-hybridized carbons (Fsp3) is 0.400. The van der Waals surface area contributed by atoms with Crippen molar-refractivity contribution in [3.63, 3.8) is 0 Å². The van der Waals surface area contributed by atoms with E-state index in [1.54, 1.807) is 13.8 Å². The van der Waals surface area contributed by atoms with Crippen LogP contribution in [0, 0.1) is 17.2 Å². The van der Waals surface area contributed by atoms with Crippen molar-refractivity contribution in [3.05, 3.63) is 17.0 Å². The van der Waals surface area contributed by atoms with Crippen molar-refractivity contribution in [2.75, 3.05) is 0 Å². The molecule has 1 aromatic heterocycles. The molecule has 0 spiro atoms. The van der Waals surface area contributed by atoms with Crippen molar-refractivity contribution in [3.8, 4) is 6.07 Å². The molecule has 1 aromatic rings. The average molecular weight is 288 g/mol. The molecule has 1 heterocycles. The average Bonchev–Trinajstić information content (AvgIpc) is 2.74. The molecule has 8 heteroatoms. The molecule has 0 unspecified atom stereocenters. The molecular weight excluding hydrogens is 276 g/mol. The van der Waals surface area contributed by atoms with E-state index in [-0.39, 0.29) is 15.0 Å². The van der Waals surface area contributed by atoms with Crippen LogP contribution in [0.4, 0.5) is 0 Å². The summed E-state index contributed by atoms with van der Waals surface area (Å²) in [5.41, 5.74) is 0. The predicted octanol–water partition coefficient (Wildman–Crippen LogP) is 1.01. The van der Waals surface area contributed by atoms with Crippen LogP contribution in [-0.4, -0.2) is 25.5 Å². The zero-order valence-corrected chi connectivity index (χ0v) is 11.4. The lowest BCUT2D eigenvalue weighted by Crippen LogP contribution is -2.43. The molecule has 0 saturated heterocycles. The minimum absolute atomic E-state index is 0.0639. The van der Waals surface area contributed by atoms with Crippen LogP contribution in [0.5, 0.6) is 0 Å². The molecule has 0 aromatic carbocycles. The van der Waals surface area contributed by atoms with Gasteiger partial charge in [0.15, 0.2) is 0 Å². The van der Waals surface area contributed by atoms with E-state index in [0.29, 0.717) is 0 Å². The number of carboxylic acid groups (broad SMARTS) is 1. The first kappa shape index (κ1) is 14.6. The molecule has 0 aliphatic carbocycles. The van der Waals surface area contributed by atoms with E-state index in [9.17, 15) is 13.2 Å². The van der Waals surface area contributed by atoms with Crippen molar-refractivity contribution in [1.82, 2.24) is 4.72 Å². The Morgan fingerprint density at radius 2 is 2.11 bits per heavy atom. The molecule has 2 N–H and O–H groups in total. The number of hydrogen-bond acceptors (Lipinski definition) is 5. The number of nitrogens with zero attached hydrogens (tertiary/aromatic N) is 1. The second kappa shape index (κ2) is 5.48. The Kier molecular flexibility index (Phi) is 4.45. The summed E-state index contributed by atoms with van der Waals surface area (Å²) in [6.07, 6.45) is 0. The van der Waals surface area contributed by atoms with Gasteiger partial charge in [0.1, 0.15) is 21.2 Å². The topological polar surface area (TPSA) is 107 Å². The molecule has 0 aliphatic heterocycles. The maximum Gasteiger partial charge on any atom is 0.322 e. The smallest absolute Gasteiger partial charge is 0.322 e. The van der Waals surface area contributed by atoms with Crippen molar-refractivity contribution >= 4 is 27.3 Å². The number of carboxylic acids is 1. The van der Waals surface area contributed by atoms with Crippen molar-refractivity contribution in [2.24, 2.45) is 5.92 Å². The molecular formula is C10H12N2O4S2. The first-order chi connectivity index (χ1) is 8.27. The van der Waals surface area contributed by atoms with E-state index in [1.165, 1.54) is 12.1 Å². The lowest BCUT2D eigenvalue weighted by Gasteiger charge is -2.17. The van der Waals surface area contributed by atoms with Gasteiger partial charge in [-0.3, -0.25) is 4.79 Å². The minimum Gasteiger partial charge on any atom is -0.480 e. The molecule has 98 valence electrons. The van der Waals surface area contributed by atoms with E-state index in [1.807, 2.05) is 6.07 Å². The fourth-order valence-electron chi connectivity index (χ4n) is 1.22. The summed E-state index contributed by atoms with van der Waals surface area (Å²) in [4.78, 5) is 11.2. The molecule has 1 rings (SSSR count). The van der Waals surface area contributed by atoms with Gasteiger partial charge in [-0.1, -0.05) is 13.8 Å². The molecule has 0 fully saturated rings. The summed E-state index contributed by atoms with van der Waals surface area (Å²) in [7, 11) is -3.90. The minimum atomic E-state index is -3.90. The number of sulfonamides is 1. The zero-order valence-electron chi connectivity index (χ0n) is 9.75. The summed E-state index contributed by atoms with van der Waals surface area (Å²) in [5, 5.41) is 17.6. The molecule has 6 nitrogen and oxygen atoms in total. The van der Waals surface area contributed by atoms with E-state index >= 15 is 0 Å². The van der Waals surface area contributed by atoms with Crippen molar-refractivity contribution < 1.29 is 18.3 Å². The highest BCUT2D eigenvalue weighted by Gasteiger charge is 2.28. The Morgan fingerprint density at radius 3 is 2.50 bits per heavy atom. The summed E-state index contributed by atoms with van der Waals surface area (Å²) in [5.74, 6) is -1.61. The number of nitrogens with one attached hydrogen (secondary N) is 1. The van der Waals surface area contributed by atoms with E-state index in [0.717, 1.165) is 11.3 Å². The van der Waals surface area contributed by atoms with Crippen molar-refractivity contribution in [2.45, 2.75) is 24.1 Å². The molecule has 0 saturated carbocycles. The Hall–Kier alpha value is -1.43. The number of aliphatic carboxylic acids is 1. The van der Waals surface area contributed by atoms with Gasteiger partial charge >= 0.3 is 5.97 Å². The number of rotatable bonds is 5. The monoisotopic (exact) mass is 288 g/mol. The molecule has 1 atom stereocenters. The maximum absolute atomic E-state index is 11.9. The Balaban J connectivity index is 3.01. The van der Waals surface area contributed by atoms with Crippen LogP contribution in [0.25, 0.3) is 0 Å². The van der Waals surface area contributed by atoms with Crippen LogP contribution >= 0.6 is 11.3 Å². The summed E-state index contributed by atoms with van der Waals surface area (Å²) in [6.45, 7) is 3.22. The van der Waals surface area contributed by atoms with E-state index in [4.69, 9.17) is 10.4 Å². The summed E-state index contributed by atoms with van der Waals surface area (Å²) in [6, 6.07) is 3.30. The Bertz CT molecular complexity index is 583. The van der Waals surface area contributed by atoms with Crippen LogP contribution in [0.3, 0.4) is 0 Å². The first-order valence-electron chi connectivity index (χ1n) is 5.03. The van der Waals surface area contributed by atoms with Crippen LogP contribution in [0.2, 0.25) is 0 Å². The normalized spacial score (nSPS) is 13.2. The molecule has 18 heavy (non-hydrogen) atoms. The van der Waals surface area contributed by atoms with Gasteiger partial charge in [0.25, 0.3) is 10.0 Å². The van der Waals surface area contributed by atoms with Gasteiger partial charge in [0.05, 0.1) is 0 Å². The van der Waals surface area contributed by atoms with Gasteiger partial charge in [-0.15, -0.1) is 11.3 Å². The molecule has 0 radical (unpaired) electrons. The fourth-order valence-corrected chi connectivity index (χ4v) is 3.68. The van der Waals surface area contributed by atoms with Gasteiger partial charge in [-0.05, 0) is 18.1 Å². The highest BCUT2D eigenvalue weighted by atomic mass is 32.2. The number of hydrogen-bond donors (Lipinski definition) is 2. The Morgan fingerprint density at radius 1 is 1.50 bits per heavy atom. The van der Waals surface area contributed by atoms with Gasteiger partial charge < -0.3 is 5.11 Å². The lowest BCUT2D eigenvalue weighted by molar-refractivity contribution is -0.140. The quantitative estimate of drug-likeness (QED) is 0.840. The highest BCUT2D eigenvalue weighted by molar-refractivity contribution is 7.91. The lowest BCUT2D eigenvalue weighted by atomic mass is 10.1. The third-order valence-electron chi connectivity index (χ3n) is 2.17. The van der Waals surface area contributed by atoms with Crippen LogP contribution in [0.1, 0.15) is 18.7 Å². The third kappa shape index (κ3) is 3.29. The Labute approximate surface area is 109 Å². The maximum atomic E-state index is 11.9. The SMILES string of the molecule is CC(C)[C@@H](NS(=O)(=O)c1ccc(C#N)s1)C(=O)O. The molecule has 0 amide bonds. The van der Waals surface area contributed by atoms with Gasteiger partial charge in [0, 0.05) is 0 Å². The number of thiophene rings is 1. The number of carbonyl (C=O) groups is 1. The van der Waals surface area contributed by atoms with E-state index < -0.39 is 22.0 Å². The van der Waals surface area contributed by atoms with Crippen LogP contribution in [-0.2, 0) is 14.8 Å². The van der Waals surface area contributed by atoms with E-state index in [2.05, 4.69) is 4.72 Å². The van der Waals surface area contributed by atoms with Gasteiger partial charge in [0.2, 0.25) is 0 Å². The standard InChI is InChI=1S/C10H12N2O4S2/c1-6(2)9(10(13)14)12-18(15,16)8-4-3-7(5-11)17-8/h3-4,6,9,12H,1-2H3,(H,13,14)/t9-/m1/s1. The van der Waals surface area contributed by atoms with Crippen LogP contribution in [0.15, 0.2) is 16.3 Å². The first-order valence-corrected chi connectivity index (χ1v) is 7.33. The predicted molar refractivity (Wildman–Crippen MR) is 65.6 cm³/mol. The second-order valence-corrected chi connectivity index (χ2v) is 6.94. The highest BCUT2D eigenvalue weighted by Crippen LogP contribution is 2.21. The van der Waals surface area contributed by atoms with Gasteiger partial charge in [-0.25, -0.2) is 8.42 Å². The zero-order chi connectivity index (χ0) is 13.9. The summed E-state index contributed by atoms with van der Waals surface area (Å²) >= 11 is 0.801. The number of nitriles is 1. The largest absolute Gasteiger partial charge is 0.480 e.